The zero-order chi connectivity index (χ0) is 37.1. The predicted molar refractivity (Wildman–Crippen MR) is 228 cm³/mol. The number of hydrogen-bond donors (Lipinski definition) is 0. The van der Waals surface area contributed by atoms with Crippen LogP contribution in [0.5, 0.6) is 0 Å². The fraction of sp³-hybridized carbons (Fsp3) is 0.0192. The average Bonchev–Trinajstić information content (AvgIpc) is 3.62. The summed E-state index contributed by atoms with van der Waals surface area (Å²) >= 11 is 0. The smallest absolute Gasteiger partial charge is 0.164 e. The fourth-order valence-electron chi connectivity index (χ4n) is 8.85. The van der Waals surface area contributed by atoms with Crippen molar-refractivity contribution in [3.63, 3.8) is 0 Å². The third kappa shape index (κ3) is 4.89. The molecule has 0 amide bonds. The number of nitrogens with zero attached hydrogens (tertiary/aromatic N) is 4. The van der Waals surface area contributed by atoms with Crippen LogP contribution in [0.15, 0.2) is 206 Å². The number of para-hydroxylation sites is 2. The lowest BCUT2D eigenvalue weighted by Crippen LogP contribution is -2.35. The van der Waals surface area contributed by atoms with Crippen LogP contribution in [-0.2, 0) is 5.41 Å². The van der Waals surface area contributed by atoms with Crippen molar-refractivity contribution in [3.05, 3.63) is 229 Å². The summed E-state index contributed by atoms with van der Waals surface area (Å²) in [6.07, 6.45) is 0. The largest absolute Gasteiger partial charge is 0.309 e. The van der Waals surface area contributed by atoms with Crippen LogP contribution >= 0.6 is 0 Å². The lowest BCUT2D eigenvalue weighted by atomic mass is 9.63. The Balaban J connectivity index is 1.07. The van der Waals surface area contributed by atoms with Crippen LogP contribution in [0.1, 0.15) is 22.3 Å². The predicted octanol–water partition coefficient (Wildman–Crippen LogP) is 12.3. The summed E-state index contributed by atoms with van der Waals surface area (Å²) in [6, 6.07) is 73.5. The molecule has 2 aromatic heterocycles. The van der Waals surface area contributed by atoms with Gasteiger partial charge in [-0.25, -0.2) is 15.0 Å². The van der Waals surface area contributed by atoms with Crippen LogP contribution in [0.2, 0.25) is 0 Å². The van der Waals surface area contributed by atoms with Crippen molar-refractivity contribution in [2.45, 2.75) is 5.41 Å². The van der Waals surface area contributed by atoms with Gasteiger partial charge in [0.05, 0.1) is 22.1 Å². The van der Waals surface area contributed by atoms with Crippen molar-refractivity contribution in [2.75, 3.05) is 0 Å². The topological polar surface area (TPSA) is 43.6 Å². The molecule has 10 aromatic rings. The number of fused-ring (bicyclic) bond motifs is 5. The van der Waals surface area contributed by atoms with Gasteiger partial charge in [-0.05, 0) is 51.6 Å². The highest BCUT2D eigenvalue weighted by molar-refractivity contribution is 6.13. The Kier molecular flexibility index (Phi) is 7.36. The van der Waals surface area contributed by atoms with E-state index in [0.29, 0.717) is 17.5 Å². The van der Waals surface area contributed by atoms with Gasteiger partial charge in [-0.1, -0.05) is 188 Å². The molecule has 0 aliphatic carbocycles. The zero-order valence-electron chi connectivity index (χ0n) is 30.4. The standard InChI is InChI=1S/C52H34N4/c1-5-16-36(17-6-1)49-53-50(37-18-7-2-8-19-37)55-51(54-49)38-30-28-35(29-31-38)39-32-33-46-43(34-39)42-24-15-26-45-48(42)56(46)47-27-14-13-25-44(47)52(45,40-20-9-3-10-21-40)41-22-11-4-12-23-41/h1-34H. The minimum absolute atomic E-state index is 0.489. The molecule has 0 bridgehead atoms. The quantitative estimate of drug-likeness (QED) is 0.172. The summed E-state index contributed by atoms with van der Waals surface area (Å²) in [6.45, 7) is 0. The van der Waals surface area contributed by atoms with Gasteiger partial charge in [-0.15, -0.1) is 0 Å². The van der Waals surface area contributed by atoms with Gasteiger partial charge < -0.3 is 4.57 Å². The van der Waals surface area contributed by atoms with Gasteiger partial charge >= 0.3 is 0 Å². The summed E-state index contributed by atoms with van der Waals surface area (Å²) in [5.74, 6) is 1.96. The van der Waals surface area contributed by atoms with Crippen molar-refractivity contribution >= 4 is 21.8 Å². The number of aromatic nitrogens is 4. The average molecular weight is 715 g/mol. The third-order valence-electron chi connectivity index (χ3n) is 11.3. The molecule has 4 heteroatoms. The van der Waals surface area contributed by atoms with E-state index in [1.807, 2.05) is 60.7 Å². The summed E-state index contributed by atoms with van der Waals surface area (Å²) in [4.78, 5) is 14.8. The van der Waals surface area contributed by atoms with Gasteiger partial charge in [-0.3, -0.25) is 0 Å². The van der Waals surface area contributed by atoms with Crippen molar-refractivity contribution in [1.82, 2.24) is 19.5 Å². The highest BCUT2D eigenvalue weighted by Gasteiger charge is 2.45. The SMILES string of the molecule is c1ccc(-c2nc(-c3ccccc3)nc(-c3ccc(-c4ccc5c(c4)c4cccc6c4n5-c4ccccc4C6(c4ccccc4)c4ccccc4)cc3)n2)cc1. The molecule has 11 rings (SSSR count). The van der Waals surface area contributed by atoms with Gasteiger partial charge in [0.1, 0.15) is 0 Å². The molecule has 1 aliphatic rings. The molecule has 3 heterocycles. The summed E-state index contributed by atoms with van der Waals surface area (Å²) in [5.41, 5.74) is 13.4. The maximum atomic E-state index is 4.95. The highest BCUT2D eigenvalue weighted by Crippen LogP contribution is 2.54. The Bertz CT molecular complexity index is 2950. The molecule has 0 radical (unpaired) electrons. The maximum absolute atomic E-state index is 4.95. The molecule has 0 N–H and O–H groups in total. The lowest BCUT2D eigenvalue weighted by Gasteiger charge is -2.41. The molecule has 262 valence electrons. The van der Waals surface area contributed by atoms with Crippen LogP contribution in [0.4, 0.5) is 0 Å². The minimum atomic E-state index is -0.489. The van der Waals surface area contributed by atoms with E-state index in [-0.39, 0.29) is 0 Å². The first-order valence-corrected chi connectivity index (χ1v) is 19.0. The molecular weight excluding hydrogens is 681 g/mol. The van der Waals surface area contributed by atoms with Gasteiger partial charge in [0.2, 0.25) is 0 Å². The Morgan fingerprint density at radius 3 is 1.39 bits per heavy atom. The Morgan fingerprint density at radius 1 is 0.339 bits per heavy atom. The van der Waals surface area contributed by atoms with Crippen molar-refractivity contribution in [2.24, 2.45) is 0 Å². The molecule has 4 nitrogen and oxygen atoms in total. The van der Waals surface area contributed by atoms with E-state index < -0.39 is 5.41 Å². The molecule has 0 saturated carbocycles. The molecule has 0 spiro atoms. The second-order valence-electron chi connectivity index (χ2n) is 14.4. The first-order valence-electron chi connectivity index (χ1n) is 19.0. The second-order valence-corrected chi connectivity index (χ2v) is 14.4. The number of benzene rings is 8. The molecule has 0 saturated heterocycles. The molecule has 0 fully saturated rings. The van der Waals surface area contributed by atoms with Gasteiger partial charge in [-0.2, -0.15) is 0 Å². The number of hydrogen-bond acceptors (Lipinski definition) is 3. The summed E-state index contributed by atoms with van der Waals surface area (Å²) in [7, 11) is 0. The first-order chi connectivity index (χ1) is 27.8. The van der Waals surface area contributed by atoms with Crippen molar-refractivity contribution < 1.29 is 0 Å². The fourth-order valence-corrected chi connectivity index (χ4v) is 8.85. The van der Waals surface area contributed by atoms with E-state index in [2.05, 4.69) is 150 Å². The van der Waals surface area contributed by atoms with Gasteiger partial charge in [0, 0.05) is 27.5 Å². The van der Waals surface area contributed by atoms with Gasteiger partial charge in [0.15, 0.2) is 17.5 Å². The Labute approximate surface area is 325 Å². The summed E-state index contributed by atoms with van der Waals surface area (Å²) < 4.78 is 2.49. The van der Waals surface area contributed by atoms with Crippen LogP contribution in [-0.4, -0.2) is 19.5 Å². The van der Waals surface area contributed by atoms with Crippen LogP contribution in [0, 0.1) is 0 Å². The van der Waals surface area contributed by atoms with Crippen molar-refractivity contribution in [3.8, 4) is 51.0 Å². The Morgan fingerprint density at radius 2 is 0.804 bits per heavy atom. The zero-order valence-corrected chi connectivity index (χ0v) is 30.4. The van der Waals surface area contributed by atoms with E-state index in [0.717, 1.165) is 27.8 Å². The van der Waals surface area contributed by atoms with E-state index in [4.69, 9.17) is 15.0 Å². The number of rotatable bonds is 6. The monoisotopic (exact) mass is 714 g/mol. The van der Waals surface area contributed by atoms with Crippen LogP contribution in [0.25, 0.3) is 72.8 Å². The molecule has 1 aliphatic heterocycles. The van der Waals surface area contributed by atoms with E-state index in [1.165, 1.54) is 49.7 Å². The third-order valence-corrected chi connectivity index (χ3v) is 11.3. The van der Waals surface area contributed by atoms with E-state index in [1.54, 1.807) is 0 Å². The molecule has 8 aromatic carbocycles. The summed E-state index contributed by atoms with van der Waals surface area (Å²) in [5, 5.41) is 2.47. The normalized spacial score (nSPS) is 12.8. The first kappa shape index (κ1) is 32.0. The second kappa shape index (κ2) is 12.9. The van der Waals surface area contributed by atoms with Crippen molar-refractivity contribution in [1.29, 1.82) is 0 Å². The van der Waals surface area contributed by atoms with Crippen LogP contribution in [0.3, 0.4) is 0 Å². The lowest BCUT2D eigenvalue weighted by molar-refractivity contribution is 0.728. The molecule has 56 heavy (non-hydrogen) atoms. The molecule has 0 unspecified atom stereocenters. The van der Waals surface area contributed by atoms with E-state index in [9.17, 15) is 0 Å². The highest BCUT2D eigenvalue weighted by atomic mass is 15.0. The Hall–Kier alpha value is -7.43. The maximum Gasteiger partial charge on any atom is 0.164 e. The van der Waals surface area contributed by atoms with Gasteiger partial charge in [0.25, 0.3) is 0 Å². The molecule has 0 atom stereocenters. The van der Waals surface area contributed by atoms with Crippen LogP contribution < -0.4 is 0 Å². The van der Waals surface area contributed by atoms with E-state index >= 15 is 0 Å². The minimum Gasteiger partial charge on any atom is -0.309 e. The molecular formula is C52H34N4.